The first-order chi connectivity index (χ1) is 15.4. The van der Waals surface area contributed by atoms with Gasteiger partial charge in [0.25, 0.3) is 11.7 Å². The van der Waals surface area contributed by atoms with Crippen LogP contribution >= 0.6 is 0 Å². The Kier molecular flexibility index (Phi) is 4.62. The van der Waals surface area contributed by atoms with Crippen molar-refractivity contribution in [3.8, 4) is 11.4 Å². The molecule has 0 atom stereocenters. The Labute approximate surface area is 180 Å². The van der Waals surface area contributed by atoms with Crippen LogP contribution in [0.4, 0.5) is 14.5 Å². The zero-order valence-electron chi connectivity index (χ0n) is 17.1. The second-order valence-corrected chi connectivity index (χ2v) is 7.29. The predicted octanol–water partition coefficient (Wildman–Crippen LogP) is 4.41. The Morgan fingerprint density at radius 3 is 2.50 bits per heavy atom. The van der Waals surface area contributed by atoms with E-state index in [2.05, 4.69) is 25.4 Å². The van der Waals surface area contributed by atoms with E-state index in [-0.39, 0.29) is 11.6 Å². The average Bonchev–Trinajstić information content (AvgIpc) is 3.36. The fraction of sp³-hybridized carbons (Fsp3) is 0.136. The number of carbonyl (C=O) groups excluding carboxylic acids is 1. The van der Waals surface area contributed by atoms with Gasteiger partial charge in [0, 0.05) is 22.6 Å². The average molecular weight is 433 g/mol. The van der Waals surface area contributed by atoms with Gasteiger partial charge in [0.05, 0.1) is 11.0 Å². The molecule has 1 amide bonds. The second kappa shape index (κ2) is 7.49. The Bertz CT molecular complexity index is 1470. The molecular formula is C22H17F2N7O. The number of benzene rings is 2. The number of carbonyl (C=O) groups is 1. The predicted molar refractivity (Wildman–Crippen MR) is 115 cm³/mol. The van der Waals surface area contributed by atoms with E-state index in [1.54, 1.807) is 48.5 Å². The van der Waals surface area contributed by atoms with Gasteiger partial charge in [0.2, 0.25) is 5.82 Å². The van der Waals surface area contributed by atoms with Gasteiger partial charge in [0.15, 0.2) is 0 Å². The Morgan fingerprint density at radius 1 is 1.00 bits per heavy atom. The third kappa shape index (κ3) is 3.35. The van der Waals surface area contributed by atoms with Gasteiger partial charge in [-0.05, 0) is 56.3 Å². The van der Waals surface area contributed by atoms with Crippen molar-refractivity contribution in [3.05, 3.63) is 71.8 Å². The lowest BCUT2D eigenvalue weighted by atomic mass is 10.2. The fourth-order valence-electron chi connectivity index (χ4n) is 3.60. The number of imidazole rings is 1. The first-order valence-electron chi connectivity index (χ1n) is 9.78. The number of hydrogen-bond acceptors (Lipinski definition) is 5. The lowest BCUT2D eigenvalue weighted by Gasteiger charge is -2.09. The molecule has 0 radical (unpaired) electrons. The molecule has 5 aromatic rings. The molecule has 0 saturated heterocycles. The molecule has 3 heterocycles. The third-order valence-corrected chi connectivity index (χ3v) is 5.01. The minimum Gasteiger partial charge on any atom is -0.319 e. The van der Waals surface area contributed by atoms with E-state index in [0.717, 1.165) is 16.0 Å². The normalized spacial score (nSPS) is 11.5. The van der Waals surface area contributed by atoms with Crippen molar-refractivity contribution in [1.82, 2.24) is 29.1 Å². The number of fused-ring (bicyclic) bond motifs is 2. The number of para-hydroxylation sites is 2. The molecule has 0 bridgehead atoms. The molecule has 5 rings (SSSR count). The van der Waals surface area contributed by atoms with E-state index in [1.807, 2.05) is 19.9 Å². The van der Waals surface area contributed by atoms with E-state index in [9.17, 15) is 13.6 Å². The zero-order valence-corrected chi connectivity index (χ0v) is 17.1. The first-order valence-corrected chi connectivity index (χ1v) is 9.78. The summed E-state index contributed by atoms with van der Waals surface area (Å²) in [5.74, 6) is -0.0261. The van der Waals surface area contributed by atoms with Crippen molar-refractivity contribution in [2.45, 2.75) is 20.4 Å². The van der Waals surface area contributed by atoms with Gasteiger partial charge in [-0.2, -0.15) is 13.8 Å². The maximum absolute atomic E-state index is 13.7. The number of nitrogens with one attached hydrogen (secondary N) is 1. The molecule has 3 aromatic heterocycles. The summed E-state index contributed by atoms with van der Waals surface area (Å²) < 4.78 is 29.8. The standard InChI is InChI=1S/C22H17F2N7O/c1-12-11-13(2)31-22(25-12)28-18(29-31)20(32)26-15-9-7-14(8-10-15)19-27-16-5-3-4-6-17(16)30(19)21(23)24/h3-11,21H,1-2H3,(H,26,32). The molecule has 0 fully saturated rings. The maximum atomic E-state index is 13.7. The van der Waals surface area contributed by atoms with Crippen LogP contribution in [0.3, 0.4) is 0 Å². The quantitative estimate of drug-likeness (QED) is 0.454. The molecule has 0 spiro atoms. The molecule has 1 N–H and O–H groups in total. The van der Waals surface area contributed by atoms with Crippen LogP contribution in [0.5, 0.6) is 0 Å². The van der Waals surface area contributed by atoms with Gasteiger partial charge in [0.1, 0.15) is 5.82 Å². The molecule has 8 nitrogen and oxygen atoms in total. The number of nitrogens with zero attached hydrogens (tertiary/aromatic N) is 6. The number of rotatable bonds is 4. The molecule has 32 heavy (non-hydrogen) atoms. The van der Waals surface area contributed by atoms with E-state index < -0.39 is 12.5 Å². The summed E-state index contributed by atoms with van der Waals surface area (Å²) in [5, 5.41) is 6.92. The summed E-state index contributed by atoms with van der Waals surface area (Å²) >= 11 is 0. The number of aromatic nitrogens is 6. The number of alkyl halides is 2. The molecule has 0 aliphatic heterocycles. The Morgan fingerprint density at radius 2 is 1.75 bits per heavy atom. The SMILES string of the molecule is Cc1cc(C)n2nc(C(=O)Nc3ccc(-c4nc5ccccc5n4C(F)F)cc3)nc2n1. The van der Waals surface area contributed by atoms with Gasteiger partial charge >= 0.3 is 6.55 Å². The molecule has 160 valence electrons. The molecule has 0 unspecified atom stereocenters. The molecule has 0 aliphatic rings. The summed E-state index contributed by atoms with van der Waals surface area (Å²) in [4.78, 5) is 25.4. The molecular weight excluding hydrogens is 416 g/mol. The minimum absolute atomic E-state index is 0.0187. The van der Waals surface area contributed by atoms with Crippen molar-refractivity contribution < 1.29 is 13.6 Å². The van der Waals surface area contributed by atoms with Crippen molar-refractivity contribution in [3.63, 3.8) is 0 Å². The van der Waals surface area contributed by atoms with Crippen LogP contribution in [0.2, 0.25) is 0 Å². The van der Waals surface area contributed by atoms with Crippen molar-refractivity contribution in [1.29, 1.82) is 0 Å². The number of anilines is 1. The summed E-state index contributed by atoms with van der Waals surface area (Å²) in [6.07, 6.45) is 0. The van der Waals surface area contributed by atoms with Gasteiger partial charge in [-0.1, -0.05) is 12.1 Å². The molecule has 0 saturated carbocycles. The summed E-state index contributed by atoms with van der Waals surface area (Å²) in [6.45, 7) is 0.952. The lowest BCUT2D eigenvalue weighted by molar-refractivity contribution is 0.0764. The van der Waals surface area contributed by atoms with Crippen LogP contribution in [-0.2, 0) is 0 Å². The molecule has 10 heteroatoms. The Hall–Kier alpha value is -4.21. The van der Waals surface area contributed by atoms with Gasteiger partial charge in [-0.3, -0.25) is 9.36 Å². The maximum Gasteiger partial charge on any atom is 0.320 e. The highest BCUT2D eigenvalue weighted by atomic mass is 19.3. The topological polar surface area (TPSA) is 90.0 Å². The van der Waals surface area contributed by atoms with Crippen molar-refractivity contribution in [2.24, 2.45) is 0 Å². The smallest absolute Gasteiger partial charge is 0.319 e. The number of hydrogen-bond donors (Lipinski definition) is 1. The van der Waals surface area contributed by atoms with E-state index in [1.165, 1.54) is 4.52 Å². The fourth-order valence-corrected chi connectivity index (χ4v) is 3.60. The summed E-state index contributed by atoms with van der Waals surface area (Å²) in [5.41, 5.74) is 3.40. The highest BCUT2D eigenvalue weighted by molar-refractivity contribution is 6.01. The van der Waals surface area contributed by atoms with Crippen LogP contribution < -0.4 is 5.32 Å². The number of halogens is 2. The second-order valence-electron chi connectivity index (χ2n) is 7.29. The van der Waals surface area contributed by atoms with Crippen LogP contribution in [-0.4, -0.2) is 35.0 Å². The Balaban J connectivity index is 1.42. The largest absolute Gasteiger partial charge is 0.320 e. The number of amides is 1. The van der Waals surface area contributed by atoms with Crippen molar-refractivity contribution in [2.75, 3.05) is 5.32 Å². The van der Waals surface area contributed by atoms with E-state index in [0.29, 0.717) is 28.1 Å². The van der Waals surface area contributed by atoms with Crippen LogP contribution in [0, 0.1) is 13.8 Å². The highest BCUT2D eigenvalue weighted by Crippen LogP contribution is 2.30. The zero-order chi connectivity index (χ0) is 22.4. The van der Waals surface area contributed by atoms with Gasteiger partial charge in [-0.25, -0.2) is 14.5 Å². The van der Waals surface area contributed by atoms with Crippen LogP contribution in [0.1, 0.15) is 28.6 Å². The monoisotopic (exact) mass is 433 g/mol. The van der Waals surface area contributed by atoms with Crippen LogP contribution in [0.25, 0.3) is 28.2 Å². The van der Waals surface area contributed by atoms with Crippen molar-refractivity contribution >= 4 is 28.4 Å². The first kappa shape index (κ1) is 19.7. The lowest BCUT2D eigenvalue weighted by Crippen LogP contribution is -2.14. The van der Waals surface area contributed by atoms with Gasteiger partial charge < -0.3 is 5.32 Å². The molecule has 2 aromatic carbocycles. The van der Waals surface area contributed by atoms with Crippen LogP contribution in [0.15, 0.2) is 54.6 Å². The number of aryl methyl sites for hydroxylation is 2. The van der Waals surface area contributed by atoms with Gasteiger partial charge in [-0.15, -0.1) is 5.10 Å². The summed E-state index contributed by atoms with van der Waals surface area (Å²) in [7, 11) is 0. The third-order valence-electron chi connectivity index (χ3n) is 5.01. The van der Waals surface area contributed by atoms with E-state index in [4.69, 9.17) is 0 Å². The highest BCUT2D eigenvalue weighted by Gasteiger charge is 2.19. The summed E-state index contributed by atoms with van der Waals surface area (Å²) in [6, 6.07) is 15.1. The molecule has 0 aliphatic carbocycles. The van der Waals surface area contributed by atoms with E-state index >= 15 is 0 Å². The minimum atomic E-state index is -2.74.